The zero-order valence-electron chi connectivity index (χ0n) is 11.8. The number of amides is 1. The highest BCUT2D eigenvalue weighted by molar-refractivity contribution is 5.68. The van der Waals surface area contributed by atoms with Gasteiger partial charge in [0.25, 0.3) is 0 Å². The second-order valence-electron chi connectivity index (χ2n) is 6.24. The minimum absolute atomic E-state index is 0.151. The summed E-state index contributed by atoms with van der Waals surface area (Å²) in [6, 6.07) is 0. The van der Waals surface area contributed by atoms with E-state index in [-0.39, 0.29) is 38.7 Å². The molecule has 1 aliphatic rings. The van der Waals surface area contributed by atoms with Gasteiger partial charge in [-0.1, -0.05) is 0 Å². The van der Waals surface area contributed by atoms with Crippen LogP contribution in [0.1, 0.15) is 52.9 Å². The second-order valence-corrected chi connectivity index (χ2v) is 6.24. The fourth-order valence-electron chi connectivity index (χ4n) is 2.27. The molecule has 6 heteroatoms. The first kappa shape index (κ1) is 16.1. The van der Waals surface area contributed by atoms with Crippen LogP contribution < -0.4 is 5.32 Å². The minimum Gasteiger partial charge on any atom is -0.444 e. The lowest BCUT2D eigenvalue weighted by molar-refractivity contribution is -0.0601. The van der Waals surface area contributed by atoms with Gasteiger partial charge < -0.3 is 15.2 Å². The van der Waals surface area contributed by atoms with Crippen molar-refractivity contribution in [3.8, 4) is 0 Å². The summed E-state index contributed by atoms with van der Waals surface area (Å²) in [7, 11) is 0. The van der Waals surface area contributed by atoms with Crippen molar-refractivity contribution in [1.82, 2.24) is 5.32 Å². The number of aliphatic hydroxyl groups is 1. The van der Waals surface area contributed by atoms with Crippen molar-refractivity contribution in [1.29, 1.82) is 0 Å². The summed E-state index contributed by atoms with van der Waals surface area (Å²) in [5.74, 6) is -2.67. The van der Waals surface area contributed by atoms with Crippen LogP contribution in [0, 0.1) is 0 Å². The Bertz CT molecular complexity index is 316. The number of carbonyl (C=O) groups is 1. The second kappa shape index (κ2) is 5.61. The van der Waals surface area contributed by atoms with Crippen LogP contribution in [0.15, 0.2) is 0 Å². The molecule has 1 fully saturated rings. The third-order valence-corrected chi connectivity index (χ3v) is 3.30. The smallest absolute Gasteiger partial charge is 0.408 e. The van der Waals surface area contributed by atoms with E-state index in [0.29, 0.717) is 0 Å². The van der Waals surface area contributed by atoms with Gasteiger partial charge in [0.15, 0.2) is 0 Å². The number of halogens is 2. The Morgan fingerprint density at radius 1 is 1.26 bits per heavy atom. The van der Waals surface area contributed by atoms with Crippen LogP contribution in [-0.4, -0.2) is 34.9 Å². The number of hydrogen-bond acceptors (Lipinski definition) is 3. The molecule has 1 rings (SSSR count). The molecule has 0 heterocycles. The number of carbonyl (C=O) groups excluding carboxylic acids is 1. The van der Waals surface area contributed by atoms with Crippen LogP contribution in [0.3, 0.4) is 0 Å². The first-order valence-corrected chi connectivity index (χ1v) is 6.57. The first-order valence-electron chi connectivity index (χ1n) is 6.57. The zero-order valence-corrected chi connectivity index (χ0v) is 11.8. The summed E-state index contributed by atoms with van der Waals surface area (Å²) in [5.41, 5.74) is -1.41. The lowest BCUT2D eigenvalue weighted by atomic mass is 9.78. The molecule has 0 unspecified atom stereocenters. The predicted octanol–water partition coefficient (Wildman–Crippen LogP) is 2.84. The fourth-order valence-corrected chi connectivity index (χ4v) is 2.27. The molecule has 112 valence electrons. The Kier molecular flexibility index (Phi) is 4.76. The average Bonchev–Trinajstić information content (AvgIpc) is 2.20. The number of alkyl halides is 2. The van der Waals surface area contributed by atoms with Crippen LogP contribution in [-0.2, 0) is 4.74 Å². The highest BCUT2D eigenvalue weighted by Gasteiger charge is 2.44. The summed E-state index contributed by atoms with van der Waals surface area (Å²) in [4.78, 5) is 11.8. The molecule has 0 bridgehead atoms. The molecule has 0 saturated heterocycles. The monoisotopic (exact) mass is 279 g/mol. The number of aliphatic hydroxyl groups excluding tert-OH is 1. The standard InChI is InChI=1S/C13H23F2NO3/c1-11(2,3)19-10(18)16-12(8-9-17)4-6-13(14,15)7-5-12/h17H,4-9H2,1-3H3,(H,16,18). The maximum absolute atomic E-state index is 13.2. The molecule has 0 radical (unpaired) electrons. The molecule has 0 atom stereocenters. The van der Waals surface area contributed by atoms with Gasteiger partial charge in [0.1, 0.15) is 5.60 Å². The van der Waals surface area contributed by atoms with Gasteiger partial charge in [-0.3, -0.25) is 0 Å². The zero-order chi connectivity index (χ0) is 14.7. The Hall–Kier alpha value is -0.910. The van der Waals surface area contributed by atoms with E-state index in [2.05, 4.69) is 5.32 Å². The number of ether oxygens (including phenoxy) is 1. The third-order valence-electron chi connectivity index (χ3n) is 3.30. The van der Waals surface area contributed by atoms with Crippen LogP contribution in [0.4, 0.5) is 13.6 Å². The summed E-state index contributed by atoms with van der Waals surface area (Å²) < 4.78 is 31.5. The summed E-state index contributed by atoms with van der Waals surface area (Å²) in [6.07, 6.45) is -0.598. The quantitative estimate of drug-likeness (QED) is 0.835. The molecule has 0 aromatic carbocycles. The van der Waals surface area contributed by atoms with Crippen LogP contribution >= 0.6 is 0 Å². The van der Waals surface area contributed by atoms with Crippen molar-refractivity contribution in [2.45, 2.75) is 69.9 Å². The highest BCUT2D eigenvalue weighted by atomic mass is 19.3. The van der Waals surface area contributed by atoms with Crippen LogP contribution in [0.5, 0.6) is 0 Å². The Labute approximate surface area is 112 Å². The molecule has 1 aliphatic carbocycles. The van der Waals surface area contributed by atoms with Gasteiger partial charge in [0.2, 0.25) is 5.92 Å². The number of alkyl carbamates (subject to hydrolysis) is 1. The van der Waals surface area contributed by atoms with Crippen molar-refractivity contribution in [2.75, 3.05) is 6.61 Å². The summed E-state index contributed by atoms with van der Waals surface area (Å²) in [5, 5.41) is 11.8. The van der Waals surface area contributed by atoms with Gasteiger partial charge in [-0.25, -0.2) is 13.6 Å². The predicted molar refractivity (Wildman–Crippen MR) is 67.2 cm³/mol. The van der Waals surface area contributed by atoms with Gasteiger partial charge in [-0.05, 0) is 40.0 Å². The van der Waals surface area contributed by atoms with Crippen molar-refractivity contribution in [2.24, 2.45) is 0 Å². The van der Waals surface area contributed by atoms with Crippen molar-refractivity contribution in [3.63, 3.8) is 0 Å². The number of rotatable bonds is 3. The molecule has 0 aromatic heterocycles. The molecular formula is C13H23F2NO3. The Balaban J connectivity index is 2.65. The van der Waals surface area contributed by atoms with E-state index >= 15 is 0 Å². The Morgan fingerprint density at radius 2 is 1.79 bits per heavy atom. The van der Waals surface area contributed by atoms with Crippen molar-refractivity contribution < 1.29 is 23.4 Å². The van der Waals surface area contributed by atoms with Crippen molar-refractivity contribution >= 4 is 6.09 Å². The van der Waals surface area contributed by atoms with E-state index in [0.717, 1.165) is 0 Å². The molecule has 0 aliphatic heterocycles. The normalized spacial score (nSPS) is 21.8. The molecule has 19 heavy (non-hydrogen) atoms. The molecule has 0 aromatic rings. The van der Waals surface area contributed by atoms with E-state index in [1.165, 1.54) is 0 Å². The number of hydrogen-bond donors (Lipinski definition) is 2. The minimum atomic E-state index is -2.67. The first-order chi connectivity index (χ1) is 8.58. The highest BCUT2D eigenvalue weighted by Crippen LogP contribution is 2.40. The number of nitrogens with one attached hydrogen (secondary N) is 1. The van der Waals surface area contributed by atoms with E-state index in [1.807, 2.05) is 0 Å². The average molecular weight is 279 g/mol. The fraction of sp³-hybridized carbons (Fsp3) is 0.923. The van der Waals surface area contributed by atoms with Crippen LogP contribution in [0.25, 0.3) is 0 Å². The van der Waals surface area contributed by atoms with Gasteiger partial charge in [0.05, 0.1) is 0 Å². The van der Waals surface area contributed by atoms with Crippen molar-refractivity contribution in [3.05, 3.63) is 0 Å². The van der Waals surface area contributed by atoms with Gasteiger partial charge >= 0.3 is 6.09 Å². The maximum atomic E-state index is 13.2. The van der Waals surface area contributed by atoms with E-state index in [9.17, 15) is 13.6 Å². The lowest BCUT2D eigenvalue weighted by Crippen LogP contribution is -2.54. The van der Waals surface area contributed by atoms with Crippen LogP contribution in [0.2, 0.25) is 0 Å². The Morgan fingerprint density at radius 3 is 2.21 bits per heavy atom. The third kappa shape index (κ3) is 5.30. The largest absolute Gasteiger partial charge is 0.444 e. The van der Waals surface area contributed by atoms with E-state index in [4.69, 9.17) is 9.84 Å². The van der Waals surface area contributed by atoms with E-state index < -0.39 is 23.2 Å². The molecule has 1 amide bonds. The van der Waals surface area contributed by atoms with Gasteiger partial charge in [-0.2, -0.15) is 0 Å². The van der Waals surface area contributed by atoms with Gasteiger partial charge in [-0.15, -0.1) is 0 Å². The molecule has 2 N–H and O–H groups in total. The summed E-state index contributed by atoms with van der Waals surface area (Å²) >= 11 is 0. The summed E-state index contributed by atoms with van der Waals surface area (Å²) in [6.45, 7) is 5.06. The topological polar surface area (TPSA) is 58.6 Å². The SMILES string of the molecule is CC(C)(C)OC(=O)NC1(CCO)CCC(F)(F)CC1. The van der Waals surface area contributed by atoms with E-state index in [1.54, 1.807) is 20.8 Å². The molecule has 1 saturated carbocycles. The molecule has 0 spiro atoms. The lowest BCUT2D eigenvalue weighted by Gasteiger charge is -2.40. The molecular weight excluding hydrogens is 256 g/mol. The van der Waals surface area contributed by atoms with Gasteiger partial charge in [0, 0.05) is 25.0 Å². The molecule has 4 nitrogen and oxygen atoms in total. The maximum Gasteiger partial charge on any atom is 0.408 e.